The summed E-state index contributed by atoms with van der Waals surface area (Å²) in [5, 5.41) is 3.09. The van der Waals surface area contributed by atoms with E-state index in [1.165, 1.54) is 0 Å². The van der Waals surface area contributed by atoms with E-state index in [4.69, 9.17) is 23.2 Å². The van der Waals surface area contributed by atoms with Crippen molar-refractivity contribution in [2.45, 2.75) is 12.4 Å². The average Bonchev–Trinajstić information content (AvgIpc) is 1.80. The molecule has 1 rings (SSSR count). The number of nitrogens with zero attached hydrogens (tertiary/aromatic N) is 1. The van der Waals surface area contributed by atoms with E-state index in [0.29, 0.717) is 5.29 Å². The van der Waals surface area contributed by atoms with Gasteiger partial charge in [0.15, 0.2) is 5.29 Å². The molecule has 1 atom stereocenters. The quantitative estimate of drug-likeness (QED) is 0.428. The predicted octanol–water partition coefficient (Wildman–Crippen LogP) is 1.65. The lowest BCUT2D eigenvalue weighted by atomic mass is 10.3. The van der Waals surface area contributed by atoms with Gasteiger partial charge in [-0.15, -0.1) is 0 Å². The van der Waals surface area contributed by atoms with Crippen LogP contribution in [0.4, 0.5) is 0 Å². The maximum atomic E-state index is 5.72. The maximum absolute atomic E-state index is 5.72. The number of amidine groups is 1. The molecule has 1 heterocycles. The number of halogens is 2. The summed E-state index contributed by atoms with van der Waals surface area (Å²) in [5.74, 6) is 0. The highest BCUT2D eigenvalue weighted by molar-refractivity contribution is 6.65. The third-order valence-corrected chi connectivity index (χ3v) is 1.69. The van der Waals surface area contributed by atoms with Crippen LogP contribution in [-0.4, -0.2) is 10.8 Å². The first-order chi connectivity index (χ1) is 4.20. The Labute approximate surface area is 63.6 Å². The summed E-state index contributed by atoms with van der Waals surface area (Å²) in [6, 6.07) is 0. The fraction of sp³-hybridized carbons (Fsp3) is 0.400. The van der Waals surface area contributed by atoms with E-state index in [9.17, 15) is 0 Å². The Morgan fingerprint density at radius 1 is 1.78 bits per heavy atom. The Balaban J connectivity index is 2.74. The van der Waals surface area contributed by atoms with Crippen molar-refractivity contribution < 1.29 is 0 Å². The molecule has 0 bridgehead atoms. The van der Waals surface area contributed by atoms with E-state index in [-0.39, 0.29) is 5.50 Å². The minimum atomic E-state index is -0.199. The Hall–Kier alpha value is -0.210. The molecule has 0 amide bonds. The lowest BCUT2D eigenvalue weighted by molar-refractivity contribution is 0.893. The minimum absolute atomic E-state index is 0.199. The van der Waals surface area contributed by atoms with Crippen LogP contribution in [0.5, 0.6) is 0 Å². The third kappa shape index (κ3) is 1.60. The van der Waals surface area contributed by atoms with Crippen LogP contribution < -0.4 is 5.32 Å². The van der Waals surface area contributed by atoms with Crippen molar-refractivity contribution in [3.8, 4) is 0 Å². The van der Waals surface area contributed by atoms with E-state index in [1.807, 2.05) is 6.92 Å². The third-order valence-electron chi connectivity index (χ3n) is 1.03. The number of rotatable bonds is 0. The second-order valence-electron chi connectivity index (χ2n) is 1.80. The Kier molecular flexibility index (Phi) is 1.98. The summed E-state index contributed by atoms with van der Waals surface area (Å²) in [5.41, 5.74) is 0.774. The number of alkyl halides is 1. The first-order valence-electron chi connectivity index (χ1n) is 2.51. The Bertz CT molecular complexity index is 174. The number of hydrogen-bond donors (Lipinski definition) is 1. The molecule has 2 nitrogen and oxygen atoms in total. The molecule has 1 N–H and O–H groups in total. The smallest absolute Gasteiger partial charge is 0.197 e. The predicted molar refractivity (Wildman–Crippen MR) is 39.8 cm³/mol. The molecule has 1 aliphatic heterocycles. The van der Waals surface area contributed by atoms with Gasteiger partial charge in [-0.25, -0.2) is 4.99 Å². The fourth-order valence-electron chi connectivity index (χ4n) is 0.480. The van der Waals surface area contributed by atoms with Gasteiger partial charge >= 0.3 is 0 Å². The van der Waals surface area contributed by atoms with Crippen LogP contribution in [0.15, 0.2) is 16.8 Å². The van der Waals surface area contributed by atoms with Gasteiger partial charge in [-0.1, -0.05) is 11.6 Å². The Morgan fingerprint density at radius 2 is 2.44 bits per heavy atom. The highest BCUT2D eigenvalue weighted by atomic mass is 35.5. The molecule has 0 saturated heterocycles. The van der Waals surface area contributed by atoms with Gasteiger partial charge in [0, 0.05) is 6.20 Å². The summed E-state index contributed by atoms with van der Waals surface area (Å²) in [6.07, 6.45) is 1.65. The molecule has 9 heavy (non-hydrogen) atoms. The molecule has 4 heteroatoms. The van der Waals surface area contributed by atoms with Crippen LogP contribution in [0.1, 0.15) is 6.92 Å². The molecular weight excluding hydrogens is 159 g/mol. The summed E-state index contributed by atoms with van der Waals surface area (Å²) < 4.78 is 0. The van der Waals surface area contributed by atoms with Crippen LogP contribution in [0.2, 0.25) is 0 Å². The molecule has 0 aromatic carbocycles. The van der Waals surface area contributed by atoms with Crippen LogP contribution in [0.25, 0.3) is 0 Å². The van der Waals surface area contributed by atoms with Crippen LogP contribution in [-0.2, 0) is 0 Å². The SMILES string of the molecule is CC1=CN=C(Cl)NC1Cl. The molecule has 0 saturated carbocycles. The molecule has 0 radical (unpaired) electrons. The van der Waals surface area contributed by atoms with E-state index < -0.39 is 0 Å². The highest BCUT2D eigenvalue weighted by Gasteiger charge is 2.10. The van der Waals surface area contributed by atoms with Gasteiger partial charge < -0.3 is 5.32 Å². The van der Waals surface area contributed by atoms with Gasteiger partial charge in [-0.05, 0) is 24.1 Å². The van der Waals surface area contributed by atoms with E-state index in [2.05, 4.69) is 10.3 Å². The molecule has 1 aliphatic rings. The summed E-state index contributed by atoms with van der Waals surface area (Å²) in [6.45, 7) is 1.89. The molecular formula is C5H6Cl2N2. The molecule has 0 aromatic rings. The standard InChI is InChI=1S/C5H6Cl2N2/c1-3-2-8-5(7)9-4(3)6/h2,4H,1H3,(H,8,9). The Morgan fingerprint density at radius 3 is 2.89 bits per heavy atom. The molecule has 50 valence electrons. The van der Waals surface area contributed by atoms with Gasteiger partial charge in [0.05, 0.1) is 0 Å². The molecule has 0 spiro atoms. The van der Waals surface area contributed by atoms with Crippen molar-refractivity contribution in [3.63, 3.8) is 0 Å². The lowest BCUT2D eigenvalue weighted by Crippen LogP contribution is -2.30. The van der Waals surface area contributed by atoms with E-state index in [1.54, 1.807) is 6.20 Å². The highest BCUT2D eigenvalue weighted by Crippen LogP contribution is 2.10. The first kappa shape index (κ1) is 6.90. The van der Waals surface area contributed by atoms with Crippen molar-refractivity contribution in [2.75, 3.05) is 0 Å². The first-order valence-corrected chi connectivity index (χ1v) is 3.32. The van der Waals surface area contributed by atoms with Gasteiger partial charge in [-0.3, -0.25) is 0 Å². The largest absolute Gasteiger partial charge is 0.341 e. The lowest BCUT2D eigenvalue weighted by Gasteiger charge is -2.14. The molecule has 0 aromatic heterocycles. The van der Waals surface area contributed by atoms with Gasteiger partial charge in [-0.2, -0.15) is 0 Å². The second kappa shape index (κ2) is 2.58. The summed E-state index contributed by atoms with van der Waals surface area (Å²) >= 11 is 11.2. The van der Waals surface area contributed by atoms with Crippen molar-refractivity contribution in [2.24, 2.45) is 4.99 Å². The zero-order valence-corrected chi connectivity index (χ0v) is 6.37. The zero-order chi connectivity index (χ0) is 6.85. The molecule has 0 aliphatic carbocycles. The number of aliphatic imine (C=N–C) groups is 1. The van der Waals surface area contributed by atoms with Crippen molar-refractivity contribution in [3.05, 3.63) is 11.8 Å². The van der Waals surface area contributed by atoms with Gasteiger partial charge in [0.25, 0.3) is 0 Å². The van der Waals surface area contributed by atoms with Crippen LogP contribution in [0, 0.1) is 0 Å². The van der Waals surface area contributed by atoms with Crippen LogP contribution >= 0.6 is 23.2 Å². The minimum Gasteiger partial charge on any atom is -0.341 e. The maximum Gasteiger partial charge on any atom is 0.197 e. The van der Waals surface area contributed by atoms with Crippen molar-refractivity contribution >= 4 is 28.5 Å². The number of nitrogens with one attached hydrogen (secondary N) is 1. The molecule has 1 unspecified atom stereocenters. The van der Waals surface area contributed by atoms with Crippen molar-refractivity contribution in [1.29, 1.82) is 0 Å². The van der Waals surface area contributed by atoms with E-state index in [0.717, 1.165) is 5.57 Å². The second-order valence-corrected chi connectivity index (χ2v) is 2.59. The fourth-order valence-corrected chi connectivity index (χ4v) is 0.853. The molecule has 0 fully saturated rings. The van der Waals surface area contributed by atoms with E-state index >= 15 is 0 Å². The normalized spacial score (nSPS) is 26.3. The number of hydrogen-bond acceptors (Lipinski definition) is 2. The van der Waals surface area contributed by atoms with Crippen molar-refractivity contribution in [1.82, 2.24) is 5.32 Å². The van der Waals surface area contributed by atoms with Crippen LogP contribution in [0.3, 0.4) is 0 Å². The zero-order valence-electron chi connectivity index (χ0n) is 4.86. The summed E-state index contributed by atoms with van der Waals surface area (Å²) in [4.78, 5) is 3.79. The monoisotopic (exact) mass is 164 g/mol. The van der Waals surface area contributed by atoms with Gasteiger partial charge in [0.2, 0.25) is 0 Å². The topological polar surface area (TPSA) is 24.4 Å². The summed E-state index contributed by atoms with van der Waals surface area (Å²) in [7, 11) is 0. The van der Waals surface area contributed by atoms with Gasteiger partial charge in [0.1, 0.15) is 5.50 Å². The average molecular weight is 165 g/mol.